The molecule has 1 N–H and O–H groups in total. The van der Waals surface area contributed by atoms with Gasteiger partial charge in [-0.15, -0.1) is 0 Å². The summed E-state index contributed by atoms with van der Waals surface area (Å²) in [5.41, 5.74) is 0.974. The summed E-state index contributed by atoms with van der Waals surface area (Å²) in [7, 11) is -3.80. The average molecular weight is 300 g/mol. The lowest BCUT2D eigenvalue weighted by molar-refractivity contribution is 0.101. The van der Waals surface area contributed by atoms with Crippen molar-refractivity contribution in [3.8, 4) is 6.07 Å². The van der Waals surface area contributed by atoms with Crippen LogP contribution in [0.5, 0.6) is 0 Å². The van der Waals surface area contributed by atoms with Gasteiger partial charge >= 0.3 is 0 Å². The van der Waals surface area contributed by atoms with Crippen molar-refractivity contribution in [3.05, 3.63) is 59.7 Å². The van der Waals surface area contributed by atoms with Gasteiger partial charge in [0.2, 0.25) is 0 Å². The van der Waals surface area contributed by atoms with Crippen LogP contribution in [0.3, 0.4) is 0 Å². The van der Waals surface area contributed by atoms with Crippen LogP contribution < -0.4 is 4.72 Å². The lowest BCUT2D eigenvalue weighted by atomic mass is 10.1. The van der Waals surface area contributed by atoms with E-state index in [0.29, 0.717) is 11.3 Å². The van der Waals surface area contributed by atoms with Gasteiger partial charge in [-0.25, -0.2) is 8.42 Å². The summed E-state index contributed by atoms with van der Waals surface area (Å²) in [4.78, 5) is 11.3. The number of carbonyl (C=O) groups is 1. The van der Waals surface area contributed by atoms with Crippen molar-refractivity contribution in [2.45, 2.75) is 11.8 Å². The highest BCUT2D eigenvalue weighted by Crippen LogP contribution is 2.18. The molecule has 0 bridgehead atoms. The normalized spacial score (nSPS) is 10.7. The predicted octanol–water partition coefficient (Wildman–Crippen LogP) is 2.56. The van der Waals surface area contributed by atoms with Crippen LogP contribution in [0.15, 0.2) is 53.4 Å². The number of nitrogens with one attached hydrogen (secondary N) is 1. The van der Waals surface area contributed by atoms with E-state index < -0.39 is 10.0 Å². The number of carbonyl (C=O) groups excluding carboxylic acids is 1. The van der Waals surface area contributed by atoms with E-state index in [1.165, 1.54) is 37.3 Å². The molecule has 2 rings (SSSR count). The topological polar surface area (TPSA) is 87.0 Å². The molecule has 0 atom stereocenters. The molecule has 0 aliphatic rings. The molecule has 0 unspecified atom stereocenters. The summed E-state index contributed by atoms with van der Waals surface area (Å²) in [6.45, 7) is 1.41. The van der Waals surface area contributed by atoms with Gasteiger partial charge in [0.05, 0.1) is 16.5 Å². The number of rotatable bonds is 4. The minimum Gasteiger partial charge on any atom is -0.295 e. The third-order valence-electron chi connectivity index (χ3n) is 2.79. The van der Waals surface area contributed by atoms with Crippen LogP contribution in [-0.2, 0) is 10.0 Å². The molecule has 0 spiro atoms. The molecule has 0 aliphatic carbocycles. The molecule has 0 radical (unpaired) electrons. The van der Waals surface area contributed by atoms with Crippen LogP contribution in [0.1, 0.15) is 22.8 Å². The minimum atomic E-state index is -3.80. The quantitative estimate of drug-likeness (QED) is 0.879. The Morgan fingerprint density at radius 3 is 2.52 bits per heavy atom. The van der Waals surface area contributed by atoms with E-state index in [-0.39, 0.29) is 16.2 Å². The maximum atomic E-state index is 12.2. The van der Waals surface area contributed by atoms with Gasteiger partial charge in [0.15, 0.2) is 5.78 Å². The number of hydrogen-bond acceptors (Lipinski definition) is 4. The molecule has 2 aromatic carbocycles. The highest BCUT2D eigenvalue weighted by molar-refractivity contribution is 7.92. The van der Waals surface area contributed by atoms with E-state index in [9.17, 15) is 13.2 Å². The van der Waals surface area contributed by atoms with Gasteiger partial charge in [-0.1, -0.05) is 18.2 Å². The first-order valence-corrected chi connectivity index (χ1v) is 7.55. The number of Topliss-reactive ketones (excluding diaryl/α,β-unsaturated/α-hetero) is 1. The summed E-state index contributed by atoms with van der Waals surface area (Å²) in [5, 5.41) is 8.81. The summed E-state index contributed by atoms with van der Waals surface area (Å²) in [5.74, 6) is -0.150. The third kappa shape index (κ3) is 3.46. The number of benzene rings is 2. The second kappa shape index (κ2) is 5.77. The molecule has 0 amide bonds. The molecule has 106 valence electrons. The predicted molar refractivity (Wildman–Crippen MR) is 78.4 cm³/mol. The molecule has 0 fully saturated rings. The van der Waals surface area contributed by atoms with E-state index in [2.05, 4.69) is 4.72 Å². The molecule has 5 nitrogen and oxygen atoms in total. The molecule has 0 aromatic heterocycles. The second-order valence-corrected chi connectivity index (χ2v) is 6.06. The number of sulfonamides is 1. The lowest BCUT2D eigenvalue weighted by Gasteiger charge is -2.09. The van der Waals surface area contributed by atoms with Gasteiger partial charge in [-0.3, -0.25) is 9.52 Å². The first kappa shape index (κ1) is 14.8. The fourth-order valence-corrected chi connectivity index (χ4v) is 2.84. The maximum absolute atomic E-state index is 12.2. The molecule has 0 aliphatic heterocycles. The van der Waals surface area contributed by atoms with Crippen molar-refractivity contribution in [2.75, 3.05) is 4.72 Å². The number of hydrogen-bond donors (Lipinski definition) is 1. The number of nitrogens with zero attached hydrogens (tertiary/aromatic N) is 1. The SMILES string of the molecule is CC(=O)c1cccc(NS(=O)(=O)c2cccc(C#N)c2)c1. The highest BCUT2D eigenvalue weighted by Gasteiger charge is 2.15. The third-order valence-corrected chi connectivity index (χ3v) is 4.17. The van der Waals surface area contributed by atoms with Crippen molar-refractivity contribution in [2.24, 2.45) is 0 Å². The minimum absolute atomic E-state index is 0.00484. The molecular weight excluding hydrogens is 288 g/mol. The molecular formula is C15H12N2O3S. The standard InChI is InChI=1S/C15H12N2O3S/c1-11(18)13-5-3-6-14(9-13)17-21(19,20)15-7-2-4-12(8-15)10-16/h2-9,17H,1H3. The molecule has 0 saturated heterocycles. The Morgan fingerprint density at radius 2 is 1.86 bits per heavy atom. The lowest BCUT2D eigenvalue weighted by Crippen LogP contribution is -2.13. The Balaban J connectivity index is 2.35. The Labute approximate surface area is 122 Å². The largest absolute Gasteiger partial charge is 0.295 e. The van der Waals surface area contributed by atoms with Crippen LogP contribution in [0.2, 0.25) is 0 Å². The van der Waals surface area contributed by atoms with Crippen molar-refractivity contribution in [1.82, 2.24) is 0 Å². The fraction of sp³-hybridized carbons (Fsp3) is 0.0667. The highest BCUT2D eigenvalue weighted by atomic mass is 32.2. The van der Waals surface area contributed by atoms with Gasteiger partial charge in [0.25, 0.3) is 10.0 Å². The van der Waals surface area contributed by atoms with Crippen LogP contribution >= 0.6 is 0 Å². The summed E-state index contributed by atoms with van der Waals surface area (Å²) in [6, 6.07) is 13.8. The average Bonchev–Trinajstić information content (AvgIpc) is 2.47. The zero-order valence-corrected chi connectivity index (χ0v) is 12.0. The van der Waals surface area contributed by atoms with E-state index >= 15 is 0 Å². The Bertz CT molecular complexity index is 836. The Kier molecular flexibility index (Phi) is 4.05. The van der Waals surface area contributed by atoms with Crippen LogP contribution in [0, 0.1) is 11.3 Å². The smallest absolute Gasteiger partial charge is 0.261 e. The summed E-state index contributed by atoms with van der Waals surface area (Å²) in [6.07, 6.45) is 0. The van der Waals surface area contributed by atoms with Gasteiger partial charge < -0.3 is 0 Å². The zero-order chi connectivity index (χ0) is 15.5. The van der Waals surface area contributed by atoms with Crippen LogP contribution in [0.4, 0.5) is 5.69 Å². The maximum Gasteiger partial charge on any atom is 0.261 e. The molecule has 6 heteroatoms. The number of ketones is 1. The molecule has 2 aromatic rings. The zero-order valence-electron chi connectivity index (χ0n) is 11.2. The molecule has 0 heterocycles. The van der Waals surface area contributed by atoms with Gasteiger partial charge in [0, 0.05) is 11.3 Å². The fourth-order valence-electron chi connectivity index (χ4n) is 1.75. The van der Waals surface area contributed by atoms with E-state index in [4.69, 9.17) is 5.26 Å². The second-order valence-electron chi connectivity index (χ2n) is 4.38. The van der Waals surface area contributed by atoms with Crippen molar-refractivity contribution in [1.29, 1.82) is 5.26 Å². The van der Waals surface area contributed by atoms with Gasteiger partial charge in [-0.05, 0) is 37.3 Å². The number of anilines is 1. The van der Waals surface area contributed by atoms with E-state index in [0.717, 1.165) is 0 Å². The van der Waals surface area contributed by atoms with Crippen molar-refractivity contribution in [3.63, 3.8) is 0 Å². The van der Waals surface area contributed by atoms with Gasteiger partial charge in [0.1, 0.15) is 0 Å². The number of nitriles is 1. The van der Waals surface area contributed by atoms with Gasteiger partial charge in [-0.2, -0.15) is 5.26 Å². The van der Waals surface area contributed by atoms with Crippen molar-refractivity contribution < 1.29 is 13.2 Å². The first-order chi connectivity index (χ1) is 9.92. The summed E-state index contributed by atoms with van der Waals surface area (Å²) < 4.78 is 26.9. The summed E-state index contributed by atoms with van der Waals surface area (Å²) >= 11 is 0. The molecule has 0 saturated carbocycles. The Hall–Kier alpha value is -2.65. The van der Waals surface area contributed by atoms with E-state index in [1.807, 2.05) is 6.07 Å². The Morgan fingerprint density at radius 1 is 1.14 bits per heavy atom. The van der Waals surface area contributed by atoms with Crippen LogP contribution in [-0.4, -0.2) is 14.2 Å². The van der Waals surface area contributed by atoms with Crippen LogP contribution in [0.25, 0.3) is 0 Å². The van der Waals surface area contributed by atoms with Crippen molar-refractivity contribution >= 4 is 21.5 Å². The van der Waals surface area contributed by atoms with E-state index in [1.54, 1.807) is 18.2 Å². The monoisotopic (exact) mass is 300 g/mol. The first-order valence-electron chi connectivity index (χ1n) is 6.06. The molecule has 21 heavy (non-hydrogen) atoms.